The third-order valence-corrected chi connectivity index (χ3v) is 4.20. The summed E-state index contributed by atoms with van der Waals surface area (Å²) in [5.41, 5.74) is 2.94. The van der Waals surface area contributed by atoms with Crippen LogP contribution in [0, 0.1) is 5.92 Å². The van der Waals surface area contributed by atoms with Gasteiger partial charge in [0, 0.05) is 19.3 Å². The van der Waals surface area contributed by atoms with E-state index in [0.29, 0.717) is 12.0 Å². The number of nitrogens with one attached hydrogen (secondary N) is 1. The zero-order valence-corrected chi connectivity index (χ0v) is 13.0. The minimum atomic E-state index is 0.496. The number of hydrogen-bond donors (Lipinski definition) is 1. The molecule has 1 unspecified atom stereocenters. The molecule has 1 aromatic carbocycles. The third-order valence-electron chi connectivity index (χ3n) is 4.20. The molecular formula is C18H29NO. The molecule has 2 nitrogen and oxygen atoms in total. The summed E-state index contributed by atoms with van der Waals surface area (Å²) in [6.45, 7) is 7.42. The maximum Gasteiger partial charge on any atom is 0.0469 e. The Hall–Kier alpha value is -0.860. The maximum absolute atomic E-state index is 5.52. The SMILES string of the molecule is CCCNC(c1cccc(CCC)c1)C1CCOCC1. The first-order valence-corrected chi connectivity index (χ1v) is 8.25. The van der Waals surface area contributed by atoms with Crippen LogP contribution in [0.1, 0.15) is 56.7 Å². The Labute approximate surface area is 123 Å². The lowest BCUT2D eigenvalue weighted by atomic mass is 9.86. The number of hydrogen-bond acceptors (Lipinski definition) is 2. The van der Waals surface area contributed by atoms with Gasteiger partial charge in [-0.2, -0.15) is 0 Å². The van der Waals surface area contributed by atoms with Crippen molar-refractivity contribution in [1.29, 1.82) is 0 Å². The summed E-state index contributed by atoms with van der Waals surface area (Å²) in [7, 11) is 0. The third kappa shape index (κ3) is 4.32. The summed E-state index contributed by atoms with van der Waals surface area (Å²) in [5, 5.41) is 3.77. The first-order valence-electron chi connectivity index (χ1n) is 8.25. The van der Waals surface area contributed by atoms with E-state index in [9.17, 15) is 0 Å². The Kier molecular flexibility index (Phi) is 6.55. The van der Waals surface area contributed by atoms with Gasteiger partial charge in [-0.05, 0) is 49.3 Å². The molecule has 2 rings (SSSR count). The van der Waals surface area contributed by atoms with Crippen LogP contribution < -0.4 is 5.32 Å². The summed E-state index contributed by atoms with van der Waals surface area (Å²) < 4.78 is 5.52. The van der Waals surface area contributed by atoms with Gasteiger partial charge in [0.15, 0.2) is 0 Å². The van der Waals surface area contributed by atoms with E-state index in [1.807, 2.05) is 0 Å². The van der Waals surface area contributed by atoms with Gasteiger partial charge in [0.1, 0.15) is 0 Å². The first kappa shape index (κ1) is 15.5. The molecule has 1 saturated heterocycles. The minimum absolute atomic E-state index is 0.496. The lowest BCUT2D eigenvalue weighted by Gasteiger charge is -2.31. The summed E-state index contributed by atoms with van der Waals surface area (Å²) in [4.78, 5) is 0. The van der Waals surface area contributed by atoms with Crippen LogP contribution >= 0.6 is 0 Å². The smallest absolute Gasteiger partial charge is 0.0469 e. The summed E-state index contributed by atoms with van der Waals surface area (Å²) in [6, 6.07) is 9.68. The van der Waals surface area contributed by atoms with Gasteiger partial charge in [-0.1, -0.05) is 44.5 Å². The molecule has 2 heteroatoms. The van der Waals surface area contributed by atoms with Crippen molar-refractivity contribution >= 4 is 0 Å². The molecule has 1 aliphatic rings. The number of benzene rings is 1. The summed E-state index contributed by atoms with van der Waals surface area (Å²) in [6.07, 6.45) is 5.95. The predicted octanol–water partition coefficient (Wildman–Crippen LogP) is 4.11. The fourth-order valence-electron chi connectivity index (χ4n) is 3.14. The largest absolute Gasteiger partial charge is 0.381 e. The van der Waals surface area contributed by atoms with Gasteiger partial charge in [-0.25, -0.2) is 0 Å². The fourth-order valence-corrected chi connectivity index (χ4v) is 3.14. The Balaban J connectivity index is 2.13. The molecule has 0 aliphatic carbocycles. The molecule has 1 aromatic rings. The quantitative estimate of drug-likeness (QED) is 0.808. The van der Waals surface area contributed by atoms with Crippen LogP contribution in [0.15, 0.2) is 24.3 Å². The lowest BCUT2D eigenvalue weighted by Crippen LogP contribution is -2.32. The second kappa shape index (κ2) is 8.43. The van der Waals surface area contributed by atoms with Crippen LogP contribution in [0.25, 0.3) is 0 Å². The molecule has 1 fully saturated rings. The normalized spacial score (nSPS) is 18.1. The van der Waals surface area contributed by atoms with E-state index in [1.54, 1.807) is 0 Å². The zero-order chi connectivity index (χ0) is 14.2. The molecule has 0 radical (unpaired) electrons. The number of aryl methyl sites for hydroxylation is 1. The van der Waals surface area contributed by atoms with Gasteiger partial charge >= 0.3 is 0 Å². The zero-order valence-electron chi connectivity index (χ0n) is 13.0. The van der Waals surface area contributed by atoms with Crippen molar-refractivity contribution < 1.29 is 4.74 Å². The molecule has 0 bridgehead atoms. The molecule has 1 N–H and O–H groups in total. The van der Waals surface area contributed by atoms with Gasteiger partial charge in [0.25, 0.3) is 0 Å². The Morgan fingerprint density at radius 1 is 1.20 bits per heavy atom. The topological polar surface area (TPSA) is 21.3 Å². The predicted molar refractivity (Wildman–Crippen MR) is 85.0 cm³/mol. The average molecular weight is 275 g/mol. The highest BCUT2D eigenvalue weighted by molar-refractivity contribution is 5.27. The van der Waals surface area contributed by atoms with Crippen molar-refractivity contribution in [2.24, 2.45) is 5.92 Å². The second-order valence-corrected chi connectivity index (χ2v) is 5.88. The van der Waals surface area contributed by atoms with Crippen LogP contribution in [-0.4, -0.2) is 19.8 Å². The van der Waals surface area contributed by atoms with Crippen molar-refractivity contribution in [2.75, 3.05) is 19.8 Å². The van der Waals surface area contributed by atoms with Crippen molar-refractivity contribution in [2.45, 2.75) is 52.0 Å². The van der Waals surface area contributed by atoms with Crippen LogP contribution in [0.4, 0.5) is 0 Å². The monoisotopic (exact) mass is 275 g/mol. The van der Waals surface area contributed by atoms with Crippen LogP contribution in [-0.2, 0) is 11.2 Å². The number of rotatable bonds is 7. The standard InChI is InChI=1S/C18H29NO/c1-3-6-15-7-5-8-17(14-15)18(19-11-4-2)16-9-12-20-13-10-16/h5,7-8,14,16,18-19H,3-4,6,9-13H2,1-2H3. The molecule has 1 aliphatic heterocycles. The van der Waals surface area contributed by atoms with Crippen LogP contribution in [0.5, 0.6) is 0 Å². The molecule has 112 valence electrons. The molecular weight excluding hydrogens is 246 g/mol. The highest BCUT2D eigenvalue weighted by Gasteiger charge is 2.24. The molecule has 1 heterocycles. The van der Waals surface area contributed by atoms with Gasteiger partial charge in [0.2, 0.25) is 0 Å². The molecule has 1 atom stereocenters. The van der Waals surface area contributed by atoms with E-state index in [4.69, 9.17) is 4.74 Å². The number of ether oxygens (including phenoxy) is 1. The Morgan fingerprint density at radius 3 is 2.70 bits per heavy atom. The first-order chi connectivity index (χ1) is 9.85. The van der Waals surface area contributed by atoms with E-state index < -0.39 is 0 Å². The van der Waals surface area contributed by atoms with E-state index in [2.05, 4.69) is 43.4 Å². The van der Waals surface area contributed by atoms with E-state index in [0.717, 1.165) is 19.8 Å². The van der Waals surface area contributed by atoms with Crippen molar-refractivity contribution in [3.63, 3.8) is 0 Å². The van der Waals surface area contributed by atoms with E-state index >= 15 is 0 Å². The Bertz CT molecular complexity index is 385. The highest BCUT2D eigenvalue weighted by Crippen LogP contribution is 2.30. The van der Waals surface area contributed by atoms with Crippen molar-refractivity contribution in [3.8, 4) is 0 Å². The van der Waals surface area contributed by atoms with Crippen molar-refractivity contribution in [3.05, 3.63) is 35.4 Å². The molecule has 20 heavy (non-hydrogen) atoms. The summed E-state index contributed by atoms with van der Waals surface area (Å²) >= 11 is 0. The molecule has 0 spiro atoms. The maximum atomic E-state index is 5.52. The molecule has 0 saturated carbocycles. The van der Waals surface area contributed by atoms with E-state index in [1.165, 1.54) is 43.2 Å². The average Bonchev–Trinajstić information content (AvgIpc) is 2.50. The summed E-state index contributed by atoms with van der Waals surface area (Å²) in [5.74, 6) is 0.715. The highest BCUT2D eigenvalue weighted by atomic mass is 16.5. The van der Waals surface area contributed by atoms with Crippen LogP contribution in [0.3, 0.4) is 0 Å². The Morgan fingerprint density at radius 2 is 2.00 bits per heavy atom. The minimum Gasteiger partial charge on any atom is -0.381 e. The van der Waals surface area contributed by atoms with E-state index in [-0.39, 0.29) is 0 Å². The molecule has 0 aromatic heterocycles. The van der Waals surface area contributed by atoms with Gasteiger partial charge in [-0.15, -0.1) is 0 Å². The van der Waals surface area contributed by atoms with Gasteiger partial charge in [0.05, 0.1) is 0 Å². The fraction of sp³-hybridized carbons (Fsp3) is 0.667. The van der Waals surface area contributed by atoms with Crippen LogP contribution in [0.2, 0.25) is 0 Å². The molecule has 0 amide bonds. The van der Waals surface area contributed by atoms with Gasteiger partial charge < -0.3 is 10.1 Å². The van der Waals surface area contributed by atoms with Crippen molar-refractivity contribution in [1.82, 2.24) is 5.32 Å². The lowest BCUT2D eigenvalue weighted by molar-refractivity contribution is 0.0536. The second-order valence-electron chi connectivity index (χ2n) is 5.88. The van der Waals surface area contributed by atoms with Gasteiger partial charge in [-0.3, -0.25) is 0 Å².